The van der Waals surface area contributed by atoms with Crippen LogP contribution in [0.5, 0.6) is 17.4 Å². The molecule has 8 rings (SSSR count). The van der Waals surface area contributed by atoms with E-state index < -0.39 is 5.60 Å². The summed E-state index contributed by atoms with van der Waals surface area (Å²) in [5.74, 6) is 1.61. The number of fused-ring (bicyclic) bond motifs is 7. The van der Waals surface area contributed by atoms with Crippen LogP contribution < -0.4 is 4.74 Å². The number of aliphatic imine (C=N–C) groups is 1. The van der Waals surface area contributed by atoms with Gasteiger partial charge in [0.1, 0.15) is 39.8 Å². The van der Waals surface area contributed by atoms with Crippen LogP contribution >= 0.6 is 0 Å². The summed E-state index contributed by atoms with van der Waals surface area (Å²) in [5.41, 5.74) is 5.57. The molecule has 2 atom stereocenters. The zero-order valence-corrected chi connectivity index (χ0v) is 23.9. The number of pyridine rings is 1. The van der Waals surface area contributed by atoms with Crippen molar-refractivity contribution in [3.05, 3.63) is 107 Å². The molecule has 0 radical (unpaired) electrons. The molecule has 0 saturated carbocycles. The predicted octanol–water partition coefficient (Wildman–Crippen LogP) is 8.80. The fourth-order valence-corrected chi connectivity index (χ4v) is 6.71. The van der Waals surface area contributed by atoms with Crippen LogP contribution in [0.1, 0.15) is 49.1 Å². The second kappa shape index (κ2) is 8.58. The minimum atomic E-state index is -0.533. The Labute approximate surface area is 243 Å². The van der Waals surface area contributed by atoms with Crippen molar-refractivity contribution in [2.45, 2.75) is 45.8 Å². The third kappa shape index (κ3) is 3.57. The Morgan fingerprint density at radius 1 is 0.905 bits per heavy atom. The Kier molecular flexibility index (Phi) is 5.09. The molecule has 208 valence electrons. The van der Waals surface area contributed by atoms with Crippen LogP contribution in [-0.2, 0) is 11.2 Å². The van der Waals surface area contributed by atoms with E-state index in [1.54, 1.807) is 6.07 Å². The molecule has 1 aliphatic carbocycles. The van der Waals surface area contributed by atoms with Crippen LogP contribution in [0.3, 0.4) is 0 Å². The highest BCUT2D eigenvalue weighted by atomic mass is 16.5. The molecule has 4 aromatic carbocycles. The number of para-hydroxylation sites is 1. The maximum absolute atomic E-state index is 10.5. The molecule has 0 saturated heterocycles. The molecule has 0 bridgehead atoms. The molecule has 6 heteroatoms. The summed E-state index contributed by atoms with van der Waals surface area (Å²) in [6, 6.07) is 27.7. The standard InChI is InChI=1S/C36H30N2O4/c1-20-15-21-13-14-30(37-32(21)27(39)16-20)40-23-17-26(31-25-11-7-8-12-28(25)41-29(31)18-23)34-38-33-24-10-6-5-9-22(24)19-35(2,3)36(33,4)42-34/h5-18,33,39H,19H2,1-4H3/t33-,36+/m0/s1. The average molecular weight is 555 g/mol. The fraction of sp³-hybridized carbons (Fsp3) is 0.222. The minimum Gasteiger partial charge on any atom is -0.506 e. The quantitative estimate of drug-likeness (QED) is 0.237. The lowest BCUT2D eigenvalue weighted by molar-refractivity contribution is -0.0467. The molecule has 0 spiro atoms. The molecule has 3 heterocycles. The maximum Gasteiger partial charge on any atom is 0.219 e. The van der Waals surface area contributed by atoms with Crippen molar-refractivity contribution in [3.63, 3.8) is 0 Å². The number of ether oxygens (including phenoxy) is 2. The predicted molar refractivity (Wildman–Crippen MR) is 165 cm³/mol. The smallest absolute Gasteiger partial charge is 0.219 e. The van der Waals surface area contributed by atoms with Crippen molar-refractivity contribution < 1.29 is 19.0 Å². The molecule has 42 heavy (non-hydrogen) atoms. The van der Waals surface area contributed by atoms with E-state index in [1.165, 1.54) is 11.1 Å². The van der Waals surface area contributed by atoms with Gasteiger partial charge in [0, 0.05) is 33.7 Å². The van der Waals surface area contributed by atoms with Crippen molar-refractivity contribution in [2.75, 3.05) is 0 Å². The van der Waals surface area contributed by atoms with Gasteiger partial charge < -0.3 is 19.0 Å². The lowest BCUT2D eigenvalue weighted by atomic mass is 9.62. The van der Waals surface area contributed by atoms with Crippen molar-refractivity contribution in [3.8, 4) is 17.4 Å². The number of aromatic nitrogens is 1. The first-order chi connectivity index (χ1) is 20.2. The second-order valence-electron chi connectivity index (χ2n) is 12.4. The minimum absolute atomic E-state index is 0.122. The number of phenolic OH excluding ortho intramolecular Hbond substituents is 1. The Morgan fingerprint density at radius 2 is 1.71 bits per heavy atom. The van der Waals surface area contributed by atoms with Gasteiger partial charge in [0.25, 0.3) is 0 Å². The lowest BCUT2D eigenvalue weighted by Crippen LogP contribution is -2.50. The van der Waals surface area contributed by atoms with E-state index in [1.807, 2.05) is 55.5 Å². The van der Waals surface area contributed by atoms with Crippen LogP contribution in [0.4, 0.5) is 0 Å². The highest BCUT2D eigenvalue weighted by molar-refractivity contribution is 6.17. The number of rotatable bonds is 3. The zero-order valence-electron chi connectivity index (χ0n) is 23.9. The normalized spacial score (nSPS) is 20.8. The highest BCUT2D eigenvalue weighted by Crippen LogP contribution is 2.56. The topological polar surface area (TPSA) is 77.1 Å². The number of hydrogen-bond donors (Lipinski definition) is 1. The van der Waals surface area contributed by atoms with Crippen LogP contribution in [0.25, 0.3) is 32.8 Å². The first-order valence-electron chi connectivity index (χ1n) is 14.3. The maximum atomic E-state index is 10.5. The van der Waals surface area contributed by atoms with Gasteiger partial charge in [-0.05, 0) is 67.3 Å². The van der Waals surface area contributed by atoms with E-state index in [-0.39, 0.29) is 17.2 Å². The summed E-state index contributed by atoms with van der Waals surface area (Å²) in [7, 11) is 0. The van der Waals surface area contributed by atoms with Crippen LogP contribution in [0.2, 0.25) is 0 Å². The number of phenols is 1. The SMILES string of the molecule is Cc1cc(O)c2nc(Oc3cc(C4=N[C@H]5c6ccccc6CC(C)(C)[C@]5(C)O4)c4c(c3)oc3ccccc34)ccc2c1. The summed E-state index contributed by atoms with van der Waals surface area (Å²) in [6.45, 7) is 8.65. The number of nitrogens with zero attached hydrogens (tertiary/aromatic N) is 2. The van der Waals surface area contributed by atoms with Crippen molar-refractivity contribution in [1.29, 1.82) is 0 Å². The Bertz CT molecular complexity index is 2110. The summed E-state index contributed by atoms with van der Waals surface area (Å²) >= 11 is 0. The molecule has 0 fully saturated rings. The Morgan fingerprint density at radius 3 is 2.60 bits per heavy atom. The van der Waals surface area contributed by atoms with E-state index in [9.17, 15) is 5.11 Å². The van der Waals surface area contributed by atoms with E-state index in [0.717, 1.165) is 39.3 Å². The molecule has 6 aromatic rings. The summed E-state index contributed by atoms with van der Waals surface area (Å²) < 4.78 is 19.6. The van der Waals surface area contributed by atoms with E-state index in [4.69, 9.17) is 18.9 Å². The Balaban J connectivity index is 1.30. The average Bonchev–Trinajstić information content (AvgIpc) is 3.52. The van der Waals surface area contributed by atoms with Crippen LogP contribution in [0.15, 0.2) is 94.3 Å². The Hall–Kier alpha value is -4.84. The van der Waals surface area contributed by atoms with Gasteiger partial charge in [-0.25, -0.2) is 9.98 Å². The van der Waals surface area contributed by atoms with Crippen LogP contribution in [0, 0.1) is 12.3 Å². The van der Waals surface area contributed by atoms with Gasteiger partial charge in [-0.3, -0.25) is 0 Å². The lowest BCUT2D eigenvalue weighted by Gasteiger charge is -2.48. The van der Waals surface area contributed by atoms with E-state index in [0.29, 0.717) is 28.6 Å². The zero-order chi connectivity index (χ0) is 28.8. The van der Waals surface area contributed by atoms with Gasteiger partial charge in [-0.15, -0.1) is 0 Å². The monoisotopic (exact) mass is 554 g/mol. The van der Waals surface area contributed by atoms with Gasteiger partial charge in [0.15, 0.2) is 0 Å². The molecule has 1 N–H and O–H groups in total. The van der Waals surface area contributed by atoms with Gasteiger partial charge in [0.05, 0.1) is 5.56 Å². The first-order valence-corrected chi connectivity index (χ1v) is 14.3. The first kappa shape index (κ1) is 24.9. The number of hydrogen-bond acceptors (Lipinski definition) is 6. The number of benzene rings is 4. The molecule has 1 aliphatic heterocycles. The summed E-state index contributed by atoms with van der Waals surface area (Å²) in [6.07, 6.45) is 0.909. The summed E-state index contributed by atoms with van der Waals surface area (Å²) in [4.78, 5) is 9.89. The third-order valence-corrected chi connectivity index (χ3v) is 9.20. The molecule has 0 amide bonds. The molecule has 2 aliphatic rings. The van der Waals surface area contributed by atoms with Crippen molar-refractivity contribution in [2.24, 2.45) is 10.4 Å². The number of aromatic hydroxyl groups is 1. The summed E-state index contributed by atoms with van der Waals surface area (Å²) in [5, 5.41) is 13.3. The molecular formula is C36H30N2O4. The van der Waals surface area contributed by atoms with Crippen LogP contribution in [-0.4, -0.2) is 21.6 Å². The van der Waals surface area contributed by atoms with Gasteiger partial charge in [0.2, 0.25) is 11.8 Å². The van der Waals surface area contributed by atoms with Gasteiger partial charge >= 0.3 is 0 Å². The molecular weight excluding hydrogens is 524 g/mol. The molecule has 2 aromatic heterocycles. The fourth-order valence-electron chi connectivity index (χ4n) is 6.71. The molecule has 6 nitrogen and oxygen atoms in total. The van der Waals surface area contributed by atoms with Gasteiger partial charge in [-0.1, -0.05) is 56.3 Å². The highest BCUT2D eigenvalue weighted by Gasteiger charge is 2.57. The number of aryl methyl sites for hydroxylation is 1. The largest absolute Gasteiger partial charge is 0.506 e. The van der Waals surface area contributed by atoms with Crippen molar-refractivity contribution in [1.82, 2.24) is 4.98 Å². The van der Waals surface area contributed by atoms with Gasteiger partial charge in [-0.2, -0.15) is 0 Å². The molecule has 0 unspecified atom stereocenters. The van der Waals surface area contributed by atoms with Crippen molar-refractivity contribution >= 4 is 38.7 Å². The second-order valence-corrected chi connectivity index (χ2v) is 12.4. The third-order valence-electron chi connectivity index (χ3n) is 9.20. The number of furan rings is 1. The van der Waals surface area contributed by atoms with E-state index in [2.05, 4.69) is 56.1 Å². The van der Waals surface area contributed by atoms with E-state index >= 15 is 0 Å².